The van der Waals surface area contributed by atoms with E-state index < -0.39 is 0 Å². The van der Waals surface area contributed by atoms with Gasteiger partial charge in [0, 0.05) is 6.04 Å². The fourth-order valence-electron chi connectivity index (χ4n) is 3.23. The van der Waals surface area contributed by atoms with Crippen LogP contribution < -0.4 is 5.32 Å². The lowest BCUT2D eigenvalue weighted by Crippen LogP contribution is -2.20. The third-order valence-electron chi connectivity index (χ3n) is 4.57. The van der Waals surface area contributed by atoms with Gasteiger partial charge in [-0.05, 0) is 25.8 Å². The van der Waals surface area contributed by atoms with Crippen molar-refractivity contribution in [2.45, 2.75) is 109 Å². The molecule has 0 unspecified atom stereocenters. The molecule has 0 bridgehead atoms. The van der Waals surface area contributed by atoms with E-state index in [4.69, 9.17) is 0 Å². The van der Waals surface area contributed by atoms with Crippen LogP contribution in [-0.2, 0) is 0 Å². The van der Waals surface area contributed by atoms with E-state index in [0.717, 1.165) is 6.04 Å². The van der Waals surface area contributed by atoms with Gasteiger partial charge >= 0.3 is 0 Å². The molecular formula is C18H37N. The van der Waals surface area contributed by atoms with Crippen LogP contribution in [0.25, 0.3) is 0 Å². The maximum atomic E-state index is 3.60. The minimum absolute atomic E-state index is 0.864. The Morgan fingerprint density at radius 2 is 1.26 bits per heavy atom. The van der Waals surface area contributed by atoms with Crippen LogP contribution >= 0.6 is 0 Å². The Labute approximate surface area is 121 Å². The summed E-state index contributed by atoms with van der Waals surface area (Å²) in [6.07, 6.45) is 21.8. The molecule has 0 aromatic rings. The second kappa shape index (κ2) is 13.0. The maximum absolute atomic E-state index is 3.60. The van der Waals surface area contributed by atoms with E-state index in [2.05, 4.69) is 12.2 Å². The fraction of sp³-hybridized carbons (Fsp3) is 1.00. The van der Waals surface area contributed by atoms with E-state index in [1.165, 1.54) is 103 Å². The van der Waals surface area contributed by atoms with Gasteiger partial charge < -0.3 is 5.32 Å². The Bertz CT molecular complexity index is 173. The summed E-state index contributed by atoms with van der Waals surface area (Å²) in [5, 5.41) is 3.60. The summed E-state index contributed by atoms with van der Waals surface area (Å²) >= 11 is 0. The lowest BCUT2D eigenvalue weighted by Gasteiger charge is -2.09. The number of hydrogen-bond donors (Lipinski definition) is 1. The van der Waals surface area contributed by atoms with Crippen molar-refractivity contribution in [3.05, 3.63) is 0 Å². The quantitative estimate of drug-likeness (QED) is 0.414. The minimum Gasteiger partial charge on any atom is -0.314 e. The number of hydrogen-bond acceptors (Lipinski definition) is 1. The van der Waals surface area contributed by atoms with Crippen molar-refractivity contribution in [1.82, 2.24) is 5.32 Å². The van der Waals surface area contributed by atoms with Crippen LogP contribution in [0.1, 0.15) is 103 Å². The van der Waals surface area contributed by atoms with Crippen LogP contribution in [0.2, 0.25) is 0 Å². The van der Waals surface area contributed by atoms with Gasteiger partial charge in [0.15, 0.2) is 0 Å². The van der Waals surface area contributed by atoms with Crippen molar-refractivity contribution in [1.29, 1.82) is 0 Å². The second-order valence-electron chi connectivity index (χ2n) is 6.47. The van der Waals surface area contributed by atoms with E-state index >= 15 is 0 Å². The molecule has 1 aliphatic rings. The predicted molar refractivity (Wildman–Crippen MR) is 86.7 cm³/mol. The van der Waals surface area contributed by atoms with E-state index in [0.29, 0.717) is 0 Å². The largest absolute Gasteiger partial charge is 0.314 e. The first-order valence-electron chi connectivity index (χ1n) is 9.17. The summed E-state index contributed by atoms with van der Waals surface area (Å²) in [5.74, 6) is 0. The molecule has 1 heterocycles. The van der Waals surface area contributed by atoms with Gasteiger partial charge in [0.25, 0.3) is 0 Å². The standard InChI is InChI=1S/C18H37N/c1-2-3-4-5-6-7-8-9-10-11-12-13-15-18-16-14-17-19-18/h18-19H,2-17H2,1H3/t18-/m1/s1. The molecular weight excluding hydrogens is 230 g/mol. The summed E-state index contributed by atoms with van der Waals surface area (Å²) < 4.78 is 0. The van der Waals surface area contributed by atoms with Crippen molar-refractivity contribution >= 4 is 0 Å². The second-order valence-corrected chi connectivity index (χ2v) is 6.47. The monoisotopic (exact) mass is 267 g/mol. The fourth-order valence-corrected chi connectivity index (χ4v) is 3.23. The Kier molecular flexibility index (Phi) is 11.6. The molecule has 0 aromatic heterocycles. The van der Waals surface area contributed by atoms with Crippen LogP contribution in [-0.4, -0.2) is 12.6 Å². The van der Waals surface area contributed by atoms with Gasteiger partial charge in [-0.2, -0.15) is 0 Å². The molecule has 0 radical (unpaired) electrons. The summed E-state index contributed by atoms with van der Waals surface area (Å²) in [4.78, 5) is 0. The molecule has 0 saturated carbocycles. The highest BCUT2D eigenvalue weighted by atomic mass is 14.9. The zero-order chi connectivity index (χ0) is 13.6. The molecule has 19 heavy (non-hydrogen) atoms. The van der Waals surface area contributed by atoms with Crippen LogP contribution in [0.3, 0.4) is 0 Å². The van der Waals surface area contributed by atoms with Gasteiger partial charge in [-0.3, -0.25) is 0 Å². The lowest BCUT2D eigenvalue weighted by molar-refractivity contribution is 0.497. The molecule has 0 aliphatic carbocycles. The van der Waals surface area contributed by atoms with E-state index in [1.54, 1.807) is 0 Å². The Morgan fingerprint density at radius 3 is 1.74 bits per heavy atom. The third kappa shape index (κ3) is 10.4. The molecule has 1 atom stereocenters. The Hall–Kier alpha value is -0.0400. The predicted octanol–water partition coefficient (Wildman–Crippen LogP) is 5.83. The molecule has 0 aromatic carbocycles. The van der Waals surface area contributed by atoms with E-state index in [1.807, 2.05) is 0 Å². The first-order valence-corrected chi connectivity index (χ1v) is 9.17. The number of nitrogens with one attached hydrogen (secondary N) is 1. The maximum Gasteiger partial charge on any atom is 0.00675 e. The van der Waals surface area contributed by atoms with Crippen molar-refractivity contribution in [2.24, 2.45) is 0 Å². The third-order valence-corrected chi connectivity index (χ3v) is 4.57. The average molecular weight is 268 g/mol. The molecule has 0 amide bonds. The first kappa shape index (κ1) is 17.0. The topological polar surface area (TPSA) is 12.0 Å². The molecule has 1 fully saturated rings. The smallest absolute Gasteiger partial charge is 0.00675 e. The summed E-state index contributed by atoms with van der Waals surface area (Å²) in [5.41, 5.74) is 0. The lowest BCUT2D eigenvalue weighted by atomic mass is 10.0. The van der Waals surface area contributed by atoms with Crippen LogP contribution in [0.15, 0.2) is 0 Å². The highest BCUT2D eigenvalue weighted by molar-refractivity contribution is 4.73. The van der Waals surface area contributed by atoms with Gasteiger partial charge in [-0.15, -0.1) is 0 Å². The van der Waals surface area contributed by atoms with Crippen molar-refractivity contribution in [3.8, 4) is 0 Å². The van der Waals surface area contributed by atoms with E-state index in [9.17, 15) is 0 Å². The van der Waals surface area contributed by atoms with Gasteiger partial charge in [-0.1, -0.05) is 84.0 Å². The van der Waals surface area contributed by atoms with E-state index in [-0.39, 0.29) is 0 Å². The summed E-state index contributed by atoms with van der Waals surface area (Å²) in [6, 6.07) is 0.864. The highest BCUT2D eigenvalue weighted by Crippen LogP contribution is 2.15. The van der Waals surface area contributed by atoms with Crippen molar-refractivity contribution in [2.75, 3.05) is 6.54 Å². The number of rotatable bonds is 13. The van der Waals surface area contributed by atoms with Gasteiger partial charge in [-0.25, -0.2) is 0 Å². The van der Waals surface area contributed by atoms with Crippen LogP contribution in [0, 0.1) is 0 Å². The molecule has 1 heteroatoms. The average Bonchev–Trinajstić information content (AvgIpc) is 2.93. The molecule has 1 nitrogen and oxygen atoms in total. The molecule has 114 valence electrons. The SMILES string of the molecule is CCCCCCCCCCCCCC[C@@H]1CCCN1. The van der Waals surface area contributed by atoms with Gasteiger partial charge in [0.1, 0.15) is 0 Å². The van der Waals surface area contributed by atoms with Gasteiger partial charge in [0.05, 0.1) is 0 Å². The molecule has 1 N–H and O–H groups in total. The van der Waals surface area contributed by atoms with Gasteiger partial charge in [0.2, 0.25) is 0 Å². The van der Waals surface area contributed by atoms with Crippen molar-refractivity contribution in [3.63, 3.8) is 0 Å². The summed E-state index contributed by atoms with van der Waals surface area (Å²) in [7, 11) is 0. The number of unbranched alkanes of at least 4 members (excludes halogenated alkanes) is 11. The van der Waals surface area contributed by atoms with Crippen LogP contribution in [0.5, 0.6) is 0 Å². The molecule has 0 spiro atoms. The molecule has 1 saturated heterocycles. The zero-order valence-corrected chi connectivity index (χ0v) is 13.4. The zero-order valence-electron chi connectivity index (χ0n) is 13.4. The first-order chi connectivity index (χ1) is 9.43. The minimum atomic E-state index is 0.864. The highest BCUT2D eigenvalue weighted by Gasteiger charge is 2.12. The Morgan fingerprint density at radius 1 is 0.737 bits per heavy atom. The molecule has 1 rings (SSSR count). The summed E-state index contributed by atoms with van der Waals surface area (Å²) in [6.45, 7) is 3.56. The van der Waals surface area contributed by atoms with Crippen molar-refractivity contribution < 1.29 is 0 Å². The molecule has 1 aliphatic heterocycles. The Balaban J connectivity index is 1.67. The normalized spacial score (nSPS) is 19.1. The van der Waals surface area contributed by atoms with Crippen LogP contribution in [0.4, 0.5) is 0 Å².